The summed E-state index contributed by atoms with van der Waals surface area (Å²) in [7, 11) is 0. The summed E-state index contributed by atoms with van der Waals surface area (Å²) in [5, 5.41) is 0. The van der Waals surface area contributed by atoms with Crippen LogP contribution in [0.25, 0.3) is 10.2 Å². The van der Waals surface area contributed by atoms with E-state index in [0.717, 1.165) is 33.7 Å². The summed E-state index contributed by atoms with van der Waals surface area (Å²) in [4.78, 5) is 31.7. The Kier molecular flexibility index (Phi) is 3.53. The molecule has 128 valence electrons. The molecule has 0 aliphatic carbocycles. The molecule has 7 heteroatoms. The van der Waals surface area contributed by atoms with Crippen LogP contribution in [0.1, 0.15) is 33.5 Å². The number of pyridine rings is 1. The standard InChI is InChI=1S/C19H15N5OS/c25-19(12-4-5-16-15(9-12)23-11-26-16)24-8-6-13-17(22-10-21-13)18(24)14-3-1-2-7-20-14/h1-5,7,9-11,18H,6,8H2,(H,21,22)/t18-/m1/s1. The van der Waals surface area contributed by atoms with Crippen molar-refractivity contribution in [2.24, 2.45) is 0 Å². The van der Waals surface area contributed by atoms with Gasteiger partial charge in [-0.15, -0.1) is 11.3 Å². The van der Waals surface area contributed by atoms with Crippen LogP contribution in [0, 0.1) is 0 Å². The monoisotopic (exact) mass is 361 g/mol. The van der Waals surface area contributed by atoms with Crippen molar-refractivity contribution in [2.75, 3.05) is 6.54 Å². The van der Waals surface area contributed by atoms with Gasteiger partial charge in [-0.05, 0) is 30.3 Å². The summed E-state index contributed by atoms with van der Waals surface area (Å²) >= 11 is 1.57. The lowest BCUT2D eigenvalue weighted by Gasteiger charge is -2.34. The second-order valence-electron chi connectivity index (χ2n) is 6.21. The van der Waals surface area contributed by atoms with E-state index in [1.165, 1.54) is 0 Å². The van der Waals surface area contributed by atoms with Crippen LogP contribution in [0.4, 0.5) is 0 Å². The molecule has 0 bridgehead atoms. The number of aromatic amines is 1. The van der Waals surface area contributed by atoms with Gasteiger partial charge in [0.15, 0.2) is 0 Å². The maximum atomic E-state index is 13.3. The molecule has 1 aliphatic rings. The largest absolute Gasteiger partial charge is 0.348 e. The van der Waals surface area contributed by atoms with Gasteiger partial charge in [0.2, 0.25) is 0 Å². The molecule has 4 aromatic rings. The number of H-pyrrole nitrogens is 1. The van der Waals surface area contributed by atoms with Crippen LogP contribution in [0.3, 0.4) is 0 Å². The number of carbonyl (C=O) groups excluding carboxylic acids is 1. The van der Waals surface area contributed by atoms with E-state index in [1.807, 2.05) is 41.3 Å². The van der Waals surface area contributed by atoms with Crippen LogP contribution < -0.4 is 0 Å². The Bertz CT molecular complexity index is 1090. The summed E-state index contributed by atoms with van der Waals surface area (Å²) in [5.74, 6) is -0.0239. The number of imidazole rings is 1. The number of aromatic nitrogens is 4. The lowest BCUT2D eigenvalue weighted by atomic mass is 9.98. The molecule has 0 saturated carbocycles. The van der Waals surface area contributed by atoms with Gasteiger partial charge in [-0.1, -0.05) is 6.07 Å². The number of benzene rings is 1. The van der Waals surface area contributed by atoms with Gasteiger partial charge in [-0.2, -0.15) is 0 Å². The molecule has 0 spiro atoms. The number of fused-ring (bicyclic) bond motifs is 2. The zero-order valence-electron chi connectivity index (χ0n) is 13.8. The highest BCUT2D eigenvalue weighted by Crippen LogP contribution is 2.33. The van der Waals surface area contributed by atoms with E-state index in [1.54, 1.807) is 29.4 Å². The van der Waals surface area contributed by atoms with Gasteiger partial charge in [0.1, 0.15) is 6.04 Å². The molecule has 0 saturated heterocycles. The van der Waals surface area contributed by atoms with Gasteiger partial charge in [0, 0.05) is 30.4 Å². The SMILES string of the molecule is O=C(c1ccc2scnc2c1)N1CCc2[nH]cnc2[C@H]1c1ccccn1. The van der Waals surface area contributed by atoms with E-state index in [9.17, 15) is 4.79 Å². The number of amides is 1. The minimum Gasteiger partial charge on any atom is -0.348 e. The Morgan fingerprint density at radius 1 is 1.19 bits per heavy atom. The Morgan fingerprint density at radius 3 is 3.04 bits per heavy atom. The van der Waals surface area contributed by atoms with E-state index in [-0.39, 0.29) is 11.9 Å². The molecule has 1 aromatic carbocycles. The minimum absolute atomic E-state index is 0.0239. The maximum absolute atomic E-state index is 13.3. The fraction of sp³-hybridized carbons (Fsp3) is 0.158. The summed E-state index contributed by atoms with van der Waals surface area (Å²) < 4.78 is 1.08. The molecule has 0 fully saturated rings. The molecule has 1 amide bonds. The predicted molar refractivity (Wildman–Crippen MR) is 99.0 cm³/mol. The highest BCUT2D eigenvalue weighted by Gasteiger charge is 2.35. The lowest BCUT2D eigenvalue weighted by Crippen LogP contribution is -2.41. The number of rotatable bonds is 2. The summed E-state index contributed by atoms with van der Waals surface area (Å²) in [6.07, 6.45) is 4.19. The third-order valence-corrected chi connectivity index (χ3v) is 5.54. The van der Waals surface area contributed by atoms with Gasteiger partial charge in [-0.25, -0.2) is 9.97 Å². The normalized spacial score (nSPS) is 16.6. The van der Waals surface area contributed by atoms with Crippen molar-refractivity contribution >= 4 is 27.5 Å². The van der Waals surface area contributed by atoms with Gasteiger partial charge in [0.05, 0.1) is 33.4 Å². The van der Waals surface area contributed by atoms with E-state index in [0.29, 0.717) is 12.1 Å². The van der Waals surface area contributed by atoms with Crippen LogP contribution in [0.15, 0.2) is 54.4 Å². The van der Waals surface area contributed by atoms with E-state index in [2.05, 4.69) is 19.9 Å². The Balaban J connectivity index is 1.59. The van der Waals surface area contributed by atoms with Crippen molar-refractivity contribution in [1.82, 2.24) is 24.8 Å². The first-order valence-corrected chi connectivity index (χ1v) is 9.26. The number of hydrogen-bond donors (Lipinski definition) is 1. The van der Waals surface area contributed by atoms with Crippen LogP contribution in [0.2, 0.25) is 0 Å². The zero-order valence-corrected chi connectivity index (χ0v) is 14.6. The number of nitrogens with one attached hydrogen (secondary N) is 1. The Hall–Kier alpha value is -3.06. The van der Waals surface area contributed by atoms with Crippen molar-refractivity contribution in [2.45, 2.75) is 12.5 Å². The molecule has 1 N–H and O–H groups in total. The van der Waals surface area contributed by atoms with Gasteiger partial charge < -0.3 is 9.88 Å². The number of hydrogen-bond acceptors (Lipinski definition) is 5. The fourth-order valence-corrected chi connectivity index (χ4v) is 4.15. The van der Waals surface area contributed by atoms with E-state index in [4.69, 9.17) is 0 Å². The fourth-order valence-electron chi connectivity index (χ4n) is 3.49. The molecule has 0 unspecified atom stereocenters. The van der Waals surface area contributed by atoms with Gasteiger partial charge in [-0.3, -0.25) is 9.78 Å². The zero-order chi connectivity index (χ0) is 17.5. The van der Waals surface area contributed by atoms with E-state index < -0.39 is 0 Å². The topological polar surface area (TPSA) is 74.8 Å². The van der Waals surface area contributed by atoms with Crippen LogP contribution in [-0.2, 0) is 6.42 Å². The van der Waals surface area contributed by atoms with Gasteiger partial charge >= 0.3 is 0 Å². The molecule has 1 aliphatic heterocycles. The van der Waals surface area contributed by atoms with Crippen molar-refractivity contribution in [1.29, 1.82) is 0 Å². The summed E-state index contributed by atoms with van der Waals surface area (Å²) in [5.41, 5.74) is 6.06. The summed E-state index contributed by atoms with van der Waals surface area (Å²) in [6.45, 7) is 0.615. The molecule has 1 atom stereocenters. The predicted octanol–water partition coefficient (Wildman–Crippen LogP) is 3.20. The Morgan fingerprint density at radius 2 is 2.15 bits per heavy atom. The minimum atomic E-state index is -0.287. The highest BCUT2D eigenvalue weighted by molar-refractivity contribution is 7.16. The second kappa shape index (κ2) is 6.03. The number of carbonyl (C=O) groups is 1. The average molecular weight is 361 g/mol. The molecular formula is C19H15N5OS. The first-order valence-electron chi connectivity index (χ1n) is 8.38. The maximum Gasteiger partial charge on any atom is 0.254 e. The smallest absolute Gasteiger partial charge is 0.254 e. The van der Waals surface area contributed by atoms with Crippen molar-refractivity contribution in [3.8, 4) is 0 Å². The van der Waals surface area contributed by atoms with Gasteiger partial charge in [0.25, 0.3) is 5.91 Å². The molecule has 26 heavy (non-hydrogen) atoms. The van der Waals surface area contributed by atoms with Crippen molar-refractivity contribution in [3.63, 3.8) is 0 Å². The van der Waals surface area contributed by atoms with Crippen LogP contribution in [-0.4, -0.2) is 37.3 Å². The van der Waals surface area contributed by atoms with Crippen molar-refractivity contribution in [3.05, 3.63) is 77.1 Å². The Labute approximate surface area is 153 Å². The molecule has 5 rings (SSSR count). The number of nitrogens with zero attached hydrogens (tertiary/aromatic N) is 4. The molecule has 4 heterocycles. The quantitative estimate of drug-likeness (QED) is 0.595. The molecular weight excluding hydrogens is 346 g/mol. The summed E-state index contributed by atoms with van der Waals surface area (Å²) in [6, 6.07) is 11.2. The lowest BCUT2D eigenvalue weighted by molar-refractivity contribution is 0.0687. The number of thiazole rings is 1. The van der Waals surface area contributed by atoms with Crippen LogP contribution in [0.5, 0.6) is 0 Å². The van der Waals surface area contributed by atoms with E-state index >= 15 is 0 Å². The molecule has 0 radical (unpaired) electrons. The third-order valence-electron chi connectivity index (χ3n) is 4.73. The highest BCUT2D eigenvalue weighted by atomic mass is 32.1. The molecule has 6 nitrogen and oxygen atoms in total. The third kappa shape index (κ3) is 2.40. The first kappa shape index (κ1) is 15.2. The second-order valence-corrected chi connectivity index (χ2v) is 7.09. The first-order chi connectivity index (χ1) is 12.8. The van der Waals surface area contributed by atoms with Crippen molar-refractivity contribution < 1.29 is 4.79 Å². The molecule has 3 aromatic heterocycles. The average Bonchev–Trinajstić information content (AvgIpc) is 3.35. The van der Waals surface area contributed by atoms with Crippen LogP contribution >= 0.6 is 11.3 Å².